The van der Waals surface area contributed by atoms with E-state index in [1.807, 2.05) is 25.2 Å². The van der Waals surface area contributed by atoms with E-state index in [-0.39, 0.29) is 0 Å². The van der Waals surface area contributed by atoms with Gasteiger partial charge in [0.25, 0.3) is 0 Å². The maximum Gasteiger partial charge on any atom is 0.328 e. The van der Waals surface area contributed by atoms with Gasteiger partial charge in [-0.15, -0.1) is 0 Å². The van der Waals surface area contributed by atoms with Crippen molar-refractivity contribution in [1.29, 1.82) is 0 Å². The topological polar surface area (TPSA) is 49.8 Å². The van der Waals surface area contributed by atoms with Gasteiger partial charge in [-0.2, -0.15) is 0 Å². The number of anilines is 1. The van der Waals surface area contributed by atoms with Gasteiger partial charge in [0.05, 0.1) is 0 Å². The molecule has 19 heavy (non-hydrogen) atoms. The minimum Gasteiger partial charge on any atom is -0.478 e. The Morgan fingerprint density at radius 2 is 2.26 bits per heavy atom. The molecule has 1 aromatic carbocycles. The molecular weight excluding hydrogens is 266 g/mol. The van der Waals surface area contributed by atoms with E-state index in [0.717, 1.165) is 31.3 Å². The van der Waals surface area contributed by atoms with Gasteiger partial charge >= 0.3 is 5.97 Å². The third-order valence-electron chi connectivity index (χ3n) is 2.67. The second kappa shape index (κ2) is 7.81. The van der Waals surface area contributed by atoms with Crippen LogP contribution >= 0.6 is 11.6 Å². The molecule has 0 bridgehead atoms. The van der Waals surface area contributed by atoms with Crippen molar-refractivity contribution in [2.75, 3.05) is 32.2 Å². The van der Waals surface area contributed by atoms with Crippen LogP contribution < -0.4 is 4.90 Å². The number of benzene rings is 1. The number of rotatable bonds is 7. The molecule has 0 unspecified atom stereocenters. The third kappa shape index (κ3) is 5.32. The minimum atomic E-state index is -0.989. The van der Waals surface area contributed by atoms with Crippen LogP contribution in [0.2, 0.25) is 5.02 Å². The summed E-state index contributed by atoms with van der Waals surface area (Å²) in [7, 11) is 3.66. The summed E-state index contributed by atoms with van der Waals surface area (Å²) in [6, 6.07) is 5.56. The van der Waals surface area contributed by atoms with Gasteiger partial charge < -0.3 is 14.7 Å². The fourth-order valence-electron chi connectivity index (χ4n) is 1.62. The molecule has 5 heteroatoms. The Labute approximate surface area is 118 Å². The van der Waals surface area contributed by atoms with E-state index in [2.05, 4.69) is 4.90 Å². The quantitative estimate of drug-likeness (QED) is 0.617. The number of carbonyl (C=O) groups is 1. The van der Waals surface area contributed by atoms with E-state index in [4.69, 9.17) is 21.4 Å². The fourth-order valence-corrected chi connectivity index (χ4v) is 1.86. The van der Waals surface area contributed by atoms with E-state index in [0.29, 0.717) is 10.6 Å². The maximum absolute atomic E-state index is 10.5. The molecule has 0 heterocycles. The van der Waals surface area contributed by atoms with Crippen LogP contribution in [-0.4, -0.2) is 38.4 Å². The van der Waals surface area contributed by atoms with Crippen molar-refractivity contribution in [2.24, 2.45) is 0 Å². The smallest absolute Gasteiger partial charge is 0.328 e. The maximum atomic E-state index is 10.5. The third-order valence-corrected chi connectivity index (χ3v) is 3.00. The number of ether oxygens (including phenoxy) is 1. The van der Waals surface area contributed by atoms with E-state index >= 15 is 0 Å². The SMILES string of the molecule is COCCCN(C)c1ccc(/C=C/C(=O)O)c(Cl)c1. The van der Waals surface area contributed by atoms with Gasteiger partial charge in [0.1, 0.15) is 0 Å². The summed E-state index contributed by atoms with van der Waals surface area (Å²) in [4.78, 5) is 12.5. The lowest BCUT2D eigenvalue weighted by Crippen LogP contribution is -2.19. The molecule has 104 valence electrons. The van der Waals surface area contributed by atoms with Gasteiger partial charge in [-0.25, -0.2) is 4.79 Å². The summed E-state index contributed by atoms with van der Waals surface area (Å²) in [5.41, 5.74) is 1.69. The second-order valence-electron chi connectivity index (χ2n) is 4.15. The molecule has 0 atom stereocenters. The van der Waals surface area contributed by atoms with Crippen LogP contribution in [0.5, 0.6) is 0 Å². The van der Waals surface area contributed by atoms with Crippen LogP contribution in [0, 0.1) is 0 Å². The highest BCUT2D eigenvalue weighted by Gasteiger charge is 2.04. The number of aliphatic carboxylic acids is 1. The molecule has 4 nitrogen and oxygen atoms in total. The van der Waals surface area contributed by atoms with Crippen molar-refractivity contribution in [2.45, 2.75) is 6.42 Å². The molecule has 0 saturated heterocycles. The van der Waals surface area contributed by atoms with E-state index in [1.165, 1.54) is 6.08 Å². The first-order valence-corrected chi connectivity index (χ1v) is 6.33. The first kappa shape index (κ1) is 15.5. The summed E-state index contributed by atoms with van der Waals surface area (Å²) in [6.45, 7) is 1.59. The Morgan fingerprint density at radius 1 is 1.53 bits per heavy atom. The predicted molar refractivity (Wildman–Crippen MR) is 77.9 cm³/mol. The first-order chi connectivity index (χ1) is 9.04. The molecule has 0 fully saturated rings. The number of carboxylic acids is 1. The zero-order chi connectivity index (χ0) is 14.3. The molecule has 0 aromatic heterocycles. The lowest BCUT2D eigenvalue weighted by Gasteiger charge is -2.19. The largest absolute Gasteiger partial charge is 0.478 e. The summed E-state index contributed by atoms with van der Waals surface area (Å²) >= 11 is 6.12. The van der Waals surface area contributed by atoms with Gasteiger partial charge in [0.15, 0.2) is 0 Å². The summed E-state index contributed by atoms with van der Waals surface area (Å²) in [5.74, 6) is -0.989. The highest BCUT2D eigenvalue weighted by molar-refractivity contribution is 6.32. The average Bonchev–Trinajstić information content (AvgIpc) is 2.37. The molecule has 0 aliphatic carbocycles. The number of hydrogen-bond donors (Lipinski definition) is 1. The van der Waals surface area contributed by atoms with E-state index in [1.54, 1.807) is 7.11 Å². The predicted octanol–water partition coefficient (Wildman–Crippen LogP) is 2.91. The zero-order valence-electron chi connectivity index (χ0n) is 11.1. The molecule has 1 aromatic rings. The summed E-state index contributed by atoms with van der Waals surface area (Å²) < 4.78 is 5.01. The minimum absolute atomic E-state index is 0.536. The van der Waals surface area contributed by atoms with Crippen molar-refractivity contribution in [3.8, 4) is 0 Å². The van der Waals surface area contributed by atoms with Crippen LogP contribution in [0.25, 0.3) is 6.08 Å². The van der Waals surface area contributed by atoms with Gasteiger partial charge in [0.2, 0.25) is 0 Å². The molecule has 0 spiro atoms. The Balaban J connectivity index is 2.73. The summed E-state index contributed by atoms with van der Waals surface area (Å²) in [6.07, 6.45) is 3.49. The molecular formula is C14H18ClNO3. The highest BCUT2D eigenvalue weighted by Crippen LogP contribution is 2.24. The van der Waals surface area contributed by atoms with E-state index in [9.17, 15) is 4.79 Å². The van der Waals surface area contributed by atoms with Crippen LogP contribution in [-0.2, 0) is 9.53 Å². The van der Waals surface area contributed by atoms with Crippen molar-refractivity contribution >= 4 is 29.3 Å². The van der Waals surface area contributed by atoms with Crippen LogP contribution in [0.4, 0.5) is 5.69 Å². The molecule has 0 amide bonds. The molecule has 1 rings (SSSR count). The Hall–Kier alpha value is -1.52. The second-order valence-corrected chi connectivity index (χ2v) is 4.55. The Kier molecular flexibility index (Phi) is 6.39. The zero-order valence-corrected chi connectivity index (χ0v) is 11.9. The summed E-state index contributed by atoms with van der Waals surface area (Å²) in [5, 5.41) is 9.11. The number of halogens is 1. The fraction of sp³-hybridized carbons (Fsp3) is 0.357. The molecule has 0 aliphatic rings. The van der Waals surface area contributed by atoms with Crippen molar-refractivity contribution in [3.05, 3.63) is 34.9 Å². The molecule has 0 aliphatic heterocycles. The Bertz CT molecular complexity index is 460. The Morgan fingerprint density at radius 3 is 2.84 bits per heavy atom. The molecule has 1 N–H and O–H groups in total. The van der Waals surface area contributed by atoms with Crippen LogP contribution in [0.1, 0.15) is 12.0 Å². The number of carboxylic acid groups (broad SMARTS) is 1. The van der Waals surface area contributed by atoms with Gasteiger partial charge in [-0.05, 0) is 30.2 Å². The molecule has 0 saturated carbocycles. The standard InChI is InChI=1S/C14H18ClNO3/c1-16(8-3-9-19-2)12-6-4-11(13(15)10-12)5-7-14(17)18/h4-7,10H,3,8-9H2,1-2H3,(H,17,18)/b7-5+. The number of methoxy groups -OCH3 is 1. The van der Waals surface area contributed by atoms with Crippen LogP contribution in [0.15, 0.2) is 24.3 Å². The number of hydrogen-bond acceptors (Lipinski definition) is 3. The van der Waals surface area contributed by atoms with E-state index < -0.39 is 5.97 Å². The van der Waals surface area contributed by atoms with Gasteiger partial charge in [-0.1, -0.05) is 17.7 Å². The molecule has 0 radical (unpaired) electrons. The lowest BCUT2D eigenvalue weighted by molar-refractivity contribution is -0.131. The lowest BCUT2D eigenvalue weighted by atomic mass is 10.1. The highest BCUT2D eigenvalue weighted by atomic mass is 35.5. The normalized spacial score (nSPS) is 10.9. The monoisotopic (exact) mass is 283 g/mol. The first-order valence-electron chi connectivity index (χ1n) is 5.95. The van der Waals surface area contributed by atoms with Crippen molar-refractivity contribution in [1.82, 2.24) is 0 Å². The van der Waals surface area contributed by atoms with Gasteiger partial charge in [-0.3, -0.25) is 0 Å². The van der Waals surface area contributed by atoms with Crippen molar-refractivity contribution in [3.63, 3.8) is 0 Å². The van der Waals surface area contributed by atoms with Crippen LogP contribution in [0.3, 0.4) is 0 Å². The van der Waals surface area contributed by atoms with Crippen molar-refractivity contribution < 1.29 is 14.6 Å². The average molecular weight is 284 g/mol. The van der Waals surface area contributed by atoms with Gasteiger partial charge in [0, 0.05) is 44.1 Å². The number of nitrogens with zero attached hydrogens (tertiary/aromatic N) is 1.